The van der Waals surface area contributed by atoms with Crippen molar-refractivity contribution in [1.82, 2.24) is 24.9 Å². The van der Waals surface area contributed by atoms with Crippen LogP contribution in [0.15, 0.2) is 47.1 Å². The molecule has 0 aliphatic rings. The van der Waals surface area contributed by atoms with Crippen molar-refractivity contribution in [3.63, 3.8) is 0 Å². The Hall–Kier alpha value is -4.02. The standard InChI is InChI=1S/C22H21F2N5O4/c1-13-11-16(27-29(13)12-17-19(31-4)18(30-3)9-10-25-17)21-26-20(28-33-21)14-5-7-15(8-6-14)32-22(2,23)24/h5-11H,12H2,1-4H3. The van der Waals surface area contributed by atoms with E-state index >= 15 is 0 Å². The van der Waals surface area contributed by atoms with Gasteiger partial charge in [-0.05, 0) is 37.3 Å². The van der Waals surface area contributed by atoms with E-state index in [1.54, 1.807) is 43.3 Å². The van der Waals surface area contributed by atoms with E-state index in [-0.39, 0.29) is 11.6 Å². The Bertz CT molecular complexity index is 1250. The molecule has 33 heavy (non-hydrogen) atoms. The maximum atomic E-state index is 13.0. The first-order chi connectivity index (χ1) is 15.8. The highest BCUT2D eigenvalue weighted by atomic mass is 19.3. The molecule has 4 aromatic rings. The van der Waals surface area contributed by atoms with E-state index in [9.17, 15) is 8.78 Å². The maximum Gasteiger partial charge on any atom is 0.394 e. The molecule has 0 spiro atoms. The molecule has 0 bridgehead atoms. The highest BCUT2D eigenvalue weighted by Gasteiger charge is 2.23. The van der Waals surface area contributed by atoms with Gasteiger partial charge in [-0.1, -0.05) is 5.16 Å². The molecule has 9 nitrogen and oxygen atoms in total. The van der Waals surface area contributed by atoms with Gasteiger partial charge >= 0.3 is 6.11 Å². The Labute approximate surface area is 187 Å². The van der Waals surface area contributed by atoms with Crippen LogP contribution in [-0.2, 0) is 6.54 Å². The number of aryl methyl sites for hydroxylation is 1. The third-order valence-electron chi connectivity index (χ3n) is 4.70. The summed E-state index contributed by atoms with van der Waals surface area (Å²) >= 11 is 0. The predicted octanol–water partition coefficient (Wildman–Crippen LogP) is 4.36. The molecule has 0 atom stereocenters. The molecule has 1 aromatic carbocycles. The van der Waals surface area contributed by atoms with Crippen molar-refractivity contribution in [1.29, 1.82) is 0 Å². The third-order valence-corrected chi connectivity index (χ3v) is 4.70. The molecule has 0 radical (unpaired) electrons. The second-order valence-electron chi connectivity index (χ2n) is 7.18. The van der Waals surface area contributed by atoms with E-state index in [4.69, 9.17) is 14.0 Å². The Morgan fingerprint density at radius 1 is 1.09 bits per heavy atom. The lowest BCUT2D eigenvalue weighted by molar-refractivity contribution is -0.158. The predicted molar refractivity (Wildman–Crippen MR) is 113 cm³/mol. The minimum atomic E-state index is -3.26. The number of alkyl halides is 2. The molecule has 0 amide bonds. The van der Waals surface area contributed by atoms with Crippen molar-refractivity contribution >= 4 is 0 Å². The number of hydrogen-bond donors (Lipinski definition) is 0. The van der Waals surface area contributed by atoms with Crippen molar-refractivity contribution in [3.8, 4) is 40.2 Å². The Kier molecular flexibility index (Phi) is 5.95. The van der Waals surface area contributed by atoms with Gasteiger partial charge in [-0.3, -0.25) is 9.67 Å². The number of ether oxygens (including phenoxy) is 3. The lowest BCUT2D eigenvalue weighted by Gasteiger charge is -2.12. The lowest BCUT2D eigenvalue weighted by Crippen LogP contribution is -2.18. The van der Waals surface area contributed by atoms with Crippen molar-refractivity contribution in [2.75, 3.05) is 14.2 Å². The number of halogens is 2. The monoisotopic (exact) mass is 457 g/mol. The summed E-state index contributed by atoms with van der Waals surface area (Å²) in [6.07, 6.45) is -1.62. The average Bonchev–Trinajstić information content (AvgIpc) is 3.40. The zero-order chi connectivity index (χ0) is 23.6. The third kappa shape index (κ3) is 4.92. The fourth-order valence-corrected chi connectivity index (χ4v) is 3.20. The molecule has 0 N–H and O–H groups in total. The van der Waals surface area contributed by atoms with E-state index in [0.717, 1.165) is 5.69 Å². The maximum absolute atomic E-state index is 13.0. The quantitative estimate of drug-likeness (QED) is 0.385. The first-order valence-electron chi connectivity index (χ1n) is 9.89. The number of aromatic nitrogens is 5. The van der Waals surface area contributed by atoms with Crippen LogP contribution in [0.2, 0.25) is 0 Å². The Balaban J connectivity index is 1.55. The van der Waals surface area contributed by atoms with Crippen LogP contribution in [0.4, 0.5) is 8.78 Å². The Morgan fingerprint density at radius 2 is 1.85 bits per heavy atom. The fraction of sp³-hybridized carbons (Fsp3) is 0.273. The summed E-state index contributed by atoms with van der Waals surface area (Å²) in [6.45, 7) is 2.91. The number of rotatable bonds is 8. The molecule has 172 valence electrons. The number of benzene rings is 1. The molecule has 0 saturated heterocycles. The van der Waals surface area contributed by atoms with Gasteiger partial charge in [0, 0.05) is 30.4 Å². The van der Waals surface area contributed by atoms with Crippen molar-refractivity contribution in [3.05, 3.63) is 54.0 Å². The van der Waals surface area contributed by atoms with Gasteiger partial charge in [0.1, 0.15) is 11.4 Å². The second kappa shape index (κ2) is 8.85. The molecule has 11 heteroatoms. The summed E-state index contributed by atoms with van der Waals surface area (Å²) in [4.78, 5) is 8.75. The van der Waals surface area contributed by atoms with E-state index in [1.807, 2.05) is 13.0 Å². The average molecular weight is 457 g/mol. The van der Waals surface area contributed by atoms with Gasteiger partial charge in [0.25, 0.3) is 5.89 Å². The van der Waals surface area contributed by atoms with E-state index in [2.05, 4.69) is 25.0 Å². The highest BCUT2D eigenvalue weighted by Crippen LogP contribution is 2.30. The molecule has 0 aliphatic heterocycles. The van der Waals surface area contributed by atoms with Gasteiger partial charge < -0.3 is 18.7 Å². The van der Waals surface area contributed by atoms with Crippen LogP contribution in [0.25, 0.3) is 23.0 Å². The van der Waals surface area contributed by atoms with Gasteiger partial charge in [0.05, 0.1) is 20.8 Å². The molecule has 3 heterocycles. The largest absolute Gasteiger partial charge is 0.493 e. The van der Waals surface area contributed by atoms with Crippen LogP contribution in [0.3, 0.4) is 0 Å². The topological polar surface area (TPSA) is 97.3 Å². The summed E-state index contributed by atoms with van der Waals surface area (Å²) in [7, 11) is 3.11. The molecule has 3 aromatic heterocycles. The van der Waals surface area contributed by atoms with E-state index < -0.39 is 6.11 Å². The highest BCUT2D eigenvalue weighted by molar-refractivity contribution is 5.59. The zero-order valence-corrected chi connectivity index (χ0v) is 18.4. The molecule has 0 saturated carbocycles. The summed E-state index contributed by atoms with van der Waals surface area (Å²) in [5.74, 6) is 1.66. The minimum Gasteiger partial charge on any atom is -0.493 e. The summed E-state index contributed by atoms with van der Waals surface area (Å²) in [6, 6.07) is 9.49. The van der Waals surface area contributed by atoms with Crippen molar-refractivity contribution in [2.24, 2.45) is 0 Å². The lowest BCUT2D eigenvalue weighted by atomic mass is 10.2. The van der Waals surface area contributed by atoms with Crippen LogP contribution in [-0.4, -0.2) is 45.2 Å². The molecule has 4 rings (SSSR count). The van der Waals surface area contributed by atoms with Crippen LogP contribution in [0, 0.1) is 6.92 Å². The smallest absolute Gasteiger partial charge is 0.394 e. The Morgan fingerprint density at radius 3 is 2.52 bits per heavy atom. The first-order valence-corrected chi connectivity index (χ1v) is 9.89. The van der Waals surface area contributed by atoms with E-state index in [0.29, 0.717) is 47.7 Å². The zero-order valence-electron chi connectivity index (χ0n) is 18.4. The van der Waals surface area contributed by atoms with Crippen LogP contribution < -0.4 is 14.2 Å². The first kappa shape index (κ1) is 22.2. The molecular formula is C22H21F2N5O4. The molecule has 0 fully saturated rings. The van der Waals surface area contributed by atoms with Crippen LogP contribution in [0.1, 0.15) is 18.3 Å². The molecular weight excluding hydrogens is 436 g/mol. The minimum absolute atomic E-state index is 0.0333. The van der Waals surface area contributed by atoms with Crippen molar-refractivity contribution < 1.29 is 27.5 Å². The molecule has 0 aliphatic carbocycles. The number of pyridine rings is 1. The van der Waals surface area contributed by atoms with Gasteiger partial charge in [-0.25, -0.2) is 0 Å². The normalized spacial score (nSPS) is 11.5. The van der Waals surface area contributed by atoms with Gasteiger partial charge in [-0.2, -0.15) is 18.9 Å². The van der Waals surface area contributed by atoms with Crippen molar-refractivity contribution in [2.45, 2.75) is 26.5 Å². The van der Waals surface area contributed by atoms with E-state index in [1.165, 1.54) is 12.1 Å². The second-order valence-corrected chi connectivity index (χ2v) is 7.18. The summed E-state index contributed by atoms with van der Waals surface area (Å²) in [5, 5.41) is 8.52. The van der Waals surface area contributed by atoms with Gasteiger partial charge in [0.15, 0.2) is 17.2 Å². The van der Waals surface area contributed by atoms with Gasteiger partial charge in [0.2, 0.25) is 5.82 Å². The molecule has 0 unspecified atom stereocenters. The fourth-order valence-electron chi connectivity index (χ4n) is 3.20. The summed E-state index contributed by atoms with van der Waals surface area (Å²) < 4.78 is 48.4. The van der Waals surface area contributed by atoms with Gasteiger partial charge in [-0.15, -0.1) is 0 Å². The number of methoxy groups -OCH3 is 2. The number of hydrogen-bond acceptors (Lipinski definition) is 8. The SMILES string of the molecule is COc1ccnc(Cn2nc(-c3nc(-c4ccc(OC(C)(F)F)cc4)no3)cc2C)c1OC. The van der Waals surface area contributed by atoms with Crippen LogP contribution in [0.5, 0.6) is 17.2 Å². The van der Waals surface area contributed by atoms with Crippen LogP contribution >= 0.6 is 0 Å². The number of nitrogens with zero attached hydrogens (tertiary/aromatic N) is 5. The summed E-state index contributed by atoms with van der Waals surface area (Å²) in [5.41, 5.74) is 2.57.